The van der Waals surface area contributed by atoms with Crippen molar-refractivity contribution in [1.82, 2.24) is 19.7 Å². The maximum Gasteiger partial charge on any atom is 0.264 e. The summed E-state index contributed by atoms with van der Waals surface area (Å²) in [6.45, 7) is 0.527. The number of halogens is 1. The van der Waals surface area contributed by atoms with Gasteiger partial charge in [0, 0.05) is 29.3 Å². The topological polar surface area (TPSA) is 114 Å². The number of sulfonamides is 1. The molecule has 12 heteroatoms. The molecule has 0 atom stereocenters. The third kappa shape index (κ3) is 6.04. The Bertz CT molecular complexity index is 1360. The minimum absolute atomic E-state index is 0.000149. The van der Waals surface area contributed by atoms with Crippen LogP contribution in [-0.2, 0) is 16.6 Å². The summed E-state index contributed by atoms with van der Waals surface area (Å²) in [5, 5.41) is 11.4. The summed E-state index contributed by atoms with van der Waals surface area (Å²) in [5.74, 6) is 0.000149. The van der Waals surface area contributed by atoms with Gasteiger partial charge in [-0.1, -0.05) is 29.8 Å². The summed E-state index contributed by atoms with van der Waals surface area (Å²) in [4.78, 5) is 7.80. The van der Waals surface area contributed by atoms with Crippen LogP contribution in [0.2, 0.25) is 5.02 Å². The SMILES string of the molecule is O=S(=O)(Nc1ncccn1)c1ccc(NC(=S)Nc2cnn(Cc3ccccc3Cl)c2)cc1. The molecule has 0 spiro atoms. The first kappa shape index (κ1) is 22.6. The van der Waals surface area contributed by atoms with Gasteiger partial charge in [-0.2, -0.15) is 5.10 Å². The number of nitrogens with one attached hydrogen (secondary N) is 3. The molecule has 0 aliphatic heterocycles. The molecule has 3 N–H and O–H groups in total. The number of anilines is 3. The van der Waals surface area contributed by atoms with Crippen LogP contribution in [0, 0.1) is 0 Å². The molecule has 0 saturated carbocycles. The maximum absolute atomic E-state index is 12.5. The van der Waals surface area contributed by atoms with Crippen LogP contribution in [0.4, 0.5) is 17.3 Å². The van der Waals surface area contributed by atoms with E-state index in [4.69, 9.17) is 23.8 Å². The van der Waals surface area contributed by atoms with E-state index in [2.05, 4.69) is 30.4 Å². The van der Waals surface area contributed by atoms with Gasteiger partial charge in [0.25, 0.3) is 10.0 Å². The van der Waals surface area contributed by atoms with Crippen molar-refractivity contribution in [2.24, 2.45) is 0 Å². The number of rotatable bonds is 7. The fraction of sp³-hybridized carbons (Fsp3) is 0.0476. The molecule has 2 heterocycles. The average molecular weight is 500 g/mol. The Hall–Kier alpha value is -3.54. The van der Waals surface area contributed by atoms with Crippen LogP contribution in [0.1, 0.15) is 5.56 Å². The second-order valence-electron chi connectivity index (χ2n) is 6.80. The van der Waals surface area contributed by atoms with Gasteiger partial charge in [0.05, 0.1) is 23.3 Å². The van der Waals surface area contributed by atoms with E-state index in [0.717, 1.165) is 5.56 Å². The molecule has 0 unspecified atom stereocenters. The van der Waals surface area contributed by atoms with Crippen molar-refractivity contribution in [3.05, 3.63) is 90.0 Å². The molecule has 0 radical (unpaired) electrons. The molecule has 2 aromatic carbocycles. The molecule has 168 valence electrons. The van der Waals surface area contributed by atoms with Crippen molar-refractivity contribution in [3.63, 3.8) is 0 Å². The number of aromatic nitrogens is 4. The molecule has 0 aliphatic carbocycles. The first-order chi connectivity index (χ1) is 15.9. The Kier molecular flexibility index (Phi) is 6.82. The summed E-state index contributed by atoms with van der Waals surface area (Å²) in [5.41, 5.74) is 2.27. The number of thiocarbonyl (C=S) groups is 1. The zero-order valence-corrected chi connectivity index (χ0v) is 19.4. The molecule has 0 amide bonds. The molecule has 33 heavy (non-hydrogen) atoms. The molecule has 9 nitrogen and oxygen atoms in total. The molecule has 0 fully saturated rings. The van der Waals surface area contributed by atoms with Gasteiger partial charge in [0.15, 0.2) is 5.11 Å². The van der Waals surface area contributed by atoms with Gasteiger partial charge in [-0.3, -0.25) is 4.68 Å². The lowest BCUT2D eigenvalue weighted by molar-refractivity contribution is 0.601. The molecule has 2 aromatic heterocycles. The fourth-order valence-corrected chi connectivity index (χ4v) is 4.25. The van der Waals surface area contributed by atoms with Gasteiger partial charge in [-0.25, -0.2) is 23.1 Å². The minimum Gasteiger partial charge on any atom is -0.332 e. The summed E-state index contributed by atoms with van der Waals surface area (Å²) >= 11 is 11.5. The predicted octanol–water partition coefficient (Wildman–Crippen LogP) is 3.98. The second-order valence-corrected chi connectivity index (χ2v) is 9.30. The minimum atomic E-state index is -3.80. The third-order valence-corrected chi connectivity index (χ3v) is 6.31. The van der Waals surface area contributed by atoms with Gasteiger partial charge < -0.3 is 10.6 Å². The van der Waals surface area contributed by atoms with Gasteiger partial charge in [-0.15, -0.1) is 0 Å². The standard InChI is InChI=1S/C21H18ClN7O2S2/c22-19-5-2-1-4-15(19)13-29-14-17(12-25-29)27-21(32)26-16-6-8-18(9-7-16)33(30,31)28-20-23-10-3-11-24-20/h1-12,14H,13H2,(H,23,24,28)(H2,26,27,32). The monoisotopic (exact) mass is 499 g/mol. The van der Waals surface area contributed by atoms with E-state index < -0.39 is 10.0 Å². The first-order valence-corrected chi connectivity index (χ1v) is 11.9. The Morgan fingerprint density at radius 3 is 2.39 bits per heavy atom. The second kappa shape index (κ2) is 9.94. The van der Waals surface area contributed by atoms with Crippen LogP contribution >= 0.6 is 23.8 Å². The van der Waals surface area contributed by atoms with Crippen LogP contribution in [0.5, 0.6) is 0 Å². The molecule has 4 aromatic rings. The average Bonchev–Trinajstić information content (AvgIpc) is 3.22. The molecular formula is C21H18ClN7O2S2. The first-order valence-electron chi connectivity index (χ1n) is 9.63. The van der Waals surface area contributed by atoms with Gasteiger partial charge in [0.1, 0.15) is 0 Å². The van der Waals surface area contributed by atoms with E-state index in [9.17, 15) is 8.42 Å². The Morgan fingerprint density at radius 2 is 1.67 bits per heavy atom. The molecular weight excluding hydrogens is 482 g/mol. The van der Waals surface area contributed by atoms with E-state index in [-0.39, 0.29) is 10.8 Å². The van der Waals surface area contributed by atoms with Crippen LogP contribution in [-0.4, -0.2) is 33.3 Å². The van der Waals surface area contributed by atoms with Gasteiger partial charge in [0.2, 0.25) is 5.95 Å². The summed E-state index contributed by atoms with van der Waals surface area (Å²) in [7, 11) is -3.80. The third-order valence-electron chi connectivity index (χ3n) is 4.40. The van der Waals surface area contributed by atoms with Crippen LogP contribution in [0.15, 0.2) is 84.3 Å². The maximum atomic E-state index is 12.5. The van der Waals surface area contributed by atoms with E-state index in [1.807, 2.05) is 30.5 Å². The summed E-state index contributed by atoms with van der Waals surface area (Å²) in [6.07, 6.45) is 6.36. The van der Waals surface area contributed by atoms with Gasteiger partial charge in [-0.05, 0) is 54.2 Å². The number of benzene rings is 2. The van der Waals surface area contributed by atoms with Gasteiger partial charge >= 0.3 is 0 Å². The highest BCUT2D eigenvalue weighted by Crippen LogP contribution is 2.18. The Morgan fingerprint density at radius 1 is 0.970 bits per heavy atom. The van der Waals surface area contributed by atoms with Crippen molar-refractivity contribution in [2.75, 3.05) is 15.4 Å². The smallest absolute Gasteiger partial charge is 0.264 e. The zero-order valence-electron chi connectivity index (χ0n) is 17.0. The predicted molar refractivity (Wildman–Crippen MR) is 132 cm³/mol. The normalized spacial score (nSPS) is 11.1. The van der Waals surface area contributed by atoms with Crippen LogP contribution in [0.25, 0.3) is 0 Å². The van der Waals surface area contributed by atoms with E-state index in [1.54, 1.807) is 29.1 Å². The molecule has 0 bridgehead atoms. The highest BCUT2D eigenvalue weighted by molar-refractivity contribution is 7.92. The number of hydrogen-bond donors (Lipinski definition) is 3. The highest BCUT2D eigenvalue weighted by atomic mass is 35.5. The van der Waals surface area contributed by atoms with Crippen molar-refractivity contribution in [2.45, 2.75) is 11.4 Å². The van der Waals surface area contributed by atoms with Crippen molar-refractivity contribution in [1.29, 1.82) is 0 Å². The van der Waals surface area contributed by atoms with E-state index in [0.29, 0.717) is 28.1 Å². The van der Waals surface area contributed by atoms with E-state index in [1.165, 1.54) is 24.5 Å². The lowest BCUT2D eigenvalue weighted by Crippen LogP contribution is -2.19. The molecule has 0 aliphatic rings. The fourth-order valence-electron chi connectivity index (χ4n) is 2.86. The van der Waals surface area contributed by atoms with Crippen LogP contribution < -0.4 is 15.4 Å². The van der Waals surface area contributed by atoms with Crippen molar-refractivity contribution < 1.29 is 8.42 Å². The zero-order chi connectivity index (χ0) is 23.3. The van der Waals surface area contributed by atoms with E-state index >= 15 is 0 Å². The van der Waals surface area contributed by atoms with Crippen molar-refractivity contribution >= 4 is 56.3 Å². The summed E-state index contributed by atoms with van der Waals surface area (Å²) < 4.78 is 29.0. The summed E-state index contributed by atoms with van der Waals surface area (Å²) in [6, 6.07) is 15.3. The lowest BCUT2D eigenvalue weighted by Gasteiger charge is -2.10. The number of nitrogens with zero attached hydrogens (tertiary/aromatic N) is 4. The molecule has 4 rings (SSSR count). The Balaban J connectivity index is 1.34. The Labute approximate surface area is 200 Å². The van der Waals surface area contributed by atoms with Crippen molar-refractivity contribution in [3.8, 4) is 0 Å². The molecule has 0 saturated heterocycles. The van der Waals surface area contributed by atoms with Crippen LogP contribution in [0.3, 0.4) is 0 Å². The quantitative estimate of drug-likeness (QED) is 0.327. The largest absolute Gasteiger partial charge is 0.332 e. The number of hydrogen-bond acceptors (Lipinski definition) is 6. The highest BCUT2D eigenvalue weighted by Gasteiger charge is 2.15. The lowest BCUT2D eigenvalue weighted by atomic mass is 10.2.